The van der Waals surface area contributed by atoms with Gasteiger partial charge in [-0.15, -0.1) is 0 Å². The summed E-state index contributed by atoms with van der Waals surface area (Å²) in [5, 5.41) is 0. The van der Waals surface area contributed by atoms with Crippen LogP contribution in [0.25, 0.3) is 0 Å². The molecule has 2 bridgehead atoms. The Morgan fingerprint density at radius 1 is 1.39 bits per heavy atom. The van der Waals surface area contributed by atoms with E-state index < -0.39 is 17.5 Å². The van der Waals surface area contributed by atoms with E-state index in [1.165, 1.54) is 0 Å². The highest BCUT2D eigenvalue weighted by molar-refractivity contribution is 5.83. The van der Waals surface area contributed by atoms with E-state index in [1.807, 2.05) is 13.8 Å². The predicted molar refractivity (Wildman–Crippen MR) is 63.5 cm³/mol. The van der Waals surface area contributed by atoms with Gasteiger partial charge in [0.2, 0.25) is 6.10 Å². The van der Waals surface area contributed by atoms with Gasteiger partial charge in [-0.1, -0.05) is 26.0 Å². The maximum atomic E-state index is 12.2. The Bertz CT molecular complexity index is 424. The van der Waals surface area contributed by atoms with E-state index in [0.717, 1.165) is 12.8 Å². The summed E-state index contributed by atoms with van der Waals surface area (Å²) in [6.45, 7) is 4.09. The molecule has 3 rings (SSSR count). The number of rotatable bonds is 2. The van der Waals surface area contributed by atoms with Crippen molar-refractivity contribution in [2.75, 3.05) is 6.61 Å². The number of carbonyl (C=O) groups excluding carboxylic acids is 2. The summed E-state index contributed by atoms with van der Waals surface area (Å²) in [6.07, 6.45) is 5.47. The fraction of sp³-hybridized carbons (Fsp3) is 0.714. The molecule has 4 heteroatoms. The minimum atomic E-state index is -0.742. The molecule has 0 aromatic rings. The normalized spacial score (nSPS) is 40.0. The van der Waals surface area contributed by atoms with Gasteiger partial charge >= 0.3 is 11.9 Å². The molecule has 18 heavy (non-hydrogen) atoms. The zero-order chi connectivity index (χ0) is 12.9. The van der Waals surface area contributed by atoms with E-state index in [4.69, 9.17) is 9.47 Å². The standard InChI is InChI=1S/C14H18O4/c1-14(2)7-17-13(16)11(14)18-12(15)10-6-8-3-4-9(10)5-8/h3-4,8-11H,5-7H2,1-2H3/t8?,9?,10?,11-/m0/s1. The van der Waals surface area contributed by atoms with Crippen LogP contribution in [0.5, 0.6) is 0 Å². The molecule has 4 atom stereocenters. The fourth-order valence-corrected chi connectivity index (χ4v) is 3.19. The first-order valence-electron chi connectivity index (χ1n) is 6.53. The number of fused-ring (bicyclic) bond motifs is 2. The van der Waals surface area contributed by atoms with Crippen LogP contribution in [0.4, 0.5) is 0 Å². The Kier molecular flexibility index (Phi) is 2.50. The van der Waals surface area contributed by atoms with E-state index in [2.05, 4.69) is 12.2 Å². The van der Waals surface area contributed by atoms with Crippen molar-refractivity contribution < 1.29 is 19.1 Å². The van der Waals surface area contributed by atoms with Gasteiger partial charge in [-0.3, -0.25) is 4.79 Å². The third-order valence-electron chi connectivity index (χ3n) is 4.33. The molecule has 0 spiro atoms. The lowest BCUT2D eigenvalue weighted by Crippen LogP contribution is -2.37. The summed E-state index contributed by atoms with van der Waals surface area (Å²) < 4.78 is 10.4. The molecule has 0 amide bonds. The largest absolute Gasteiger partial charge is 0.462 e. The quantitative estimate of drug-likeness (QED) is 0.553. The molecule has 2 fully saturated rings. The lowest BCUT2D eigenvalue weighted by atomic mass is 9.89. The van der Waals surface area contributed by atoms with E-state index in [-0.39, 0.29) is 11.9 Å². The molecule has 1 heterocycles. The van der Waals surface area contributed by atoms with Crippen LogP contribution in [0, 0.1) is 23.2 Å². The average Bonchev–Trinajstić information content (AvgIpc) is 2.99. The molecule has 0 N–H and O–H groups in total. The van der Waals surface area contributed by atoms with Crippen LogP contribution in [-0.4, -0.2) is 24.6 Å². The topological polar surface area (TPSA) is 52.6 Å². The van der Waals surface area contributed by atoms with Gasteiger partial charge in [0.25, 0.3) is 0 Å². The van der Waals surface area contributed by atoms with Gasteiger partial charge in [0, 0.05) is 5.41 Å². The van der Waals surface area contributed by atoms with Gasteiger partial charge in [0.1, 0.15) is 6.61 Å². The van der Waals surface area contributed by atoms with Crippen molar-refractivity contribution in [2.24, 2.45) is 23.2 Å². The zero-order valence-electron chi connectivity index (χ0n) is 10.7. The van der Waals surface area contributed by atoms with E-state index in [9.17, 15) is 9.59 Å². The molecule has 98 valence electrons. The van der Waals surface area contributed by atoms with E-state index >= 15 is 0 Å². The zero-order valence-corrected chi connectivity index (χ0v) is 10.7. The smallest absolute Gasteiger partial charge is 0.348 e. The van der Waals surface area contributed by atoms with Crippen LogP contribution in [0.1, 0.15) is 26.7 Å². The summed E-state index contributed by atoms with van der Waals surface area (Å²) >= 11 is 0. The highest BCUT2D eigenvalue weighted by Crippen LogP contribution is 2.44. The Hall–Kier alpha value is -1.32. The van der Waals surface area contributed by atoms with Crippen molar-refractivity contribution in [3.63, 3.8) is 0 Å². The van der Waals surface area contributed by atoms with Gasteiger partial charge in [-0.25, -0.2) is 4.79 Å². The number of esters is 2. The predicted octanol–water partition coefficient (Wildman–Crippen LogP) is 1.69. The number of hydrogen-bond donors (Lipinski definition) is 0. The number of cyclic esters (lactones) is 1. The third kappa shape index (κ3) is 1.74. The SMILES string of the molecule is CC1(C)COC(=O)[C@@H]1OC(=O)C1CC2C=CC1C2. The molecule has 0 aromatic carbocycles. The molecule has 2 aliphatic carbocycles. The Balaban J connectivity index is 1.68. The van der Waals surface area contributed by atoms with Crippen LogP contribution < -0.4 is 0 Å². The van der Waals surface area contributed by atoms with Gasteiger partial charge in [-0.2, -0.15) is 0 Å². The summed E-state index contributed by atoms with van der Waals surface area (Å²) in [7, 11) is 0. The van der Waals surface area contributed by atoms with Crippen molar-refractivity contribution in [2.45, 2.75) is 32.8 Å². The minimum Gasteiger partial charge on any atom is -0.462 e. The molecule has 3 aliphatic rings. The first kappa shape index (κ1) is 11.8. The second-order valence-corrected chi connectivity index (χ2v) is 6.30. The summed E-state index contributed by atoms with van der Waals surface area (Å²) in [5.74, 6) is 0.124. The number of ether oxygens (including phenoxy) is 2. The van der Waals surface area contributed by atoms with Gasteiger partial charge in [-0.05, 0) is 24.7 Å². The summed E-state index contributed by atoms with van der Waals surface area (Å²) in [4.78, 5) is 23.7. The van der Waals surface area contributed by atoms with Gasteiger partial charge < -0.3 is 9.47 Å². The van der Waals surface area contributed by atoms with E-state index in [1.54, 1.807) is 0 Å². The molecule has 1 saturated carbocycles. The summed E-state index contributed by atoms with van der Waals surface area (Å²) in [6, 6.07) is 0. The lowest BCUT2D eigenvalue weighted by Gasteiger charge is -2.24. The molecule has 4 nitrogen and oxygen atoms in total. The number of carbonyl (C=O) groups is 2. The second-order valence-electron chi connectivity index (χ2n) is 6.30. The van der Waals surface area contributed by atoms with Crippen molar-refractivity contribution in [3.8, 4) is 0 Å². The molecule has 1 aliphatic heterocycles. The highest BCUT2D eigenvalue weighted by Gasteiger charge is 2.49. The Morgan fingerprint density at radius 3 is 2.67 bits per heavy atom. The molecule has 1 saturated heterocycles. The van der Waals surface area contributed by atoms with E-state index in [0.29, 0.717) is 18.4 Å². The van der Waals surface area contributed by atoms with Crippen LogP contribution in [0.3, 0.4) is 0 Å². The number of allylic oxidation sites excluding steroid dienone is 2. The first-order valence-corrected chi connectivity index (χ1v) is 6.53. The fourth-order valence-electron chi connectivity index (χ4n) is 3.19. The van der Waals surface area contributed by atoms with Crippen LogP contribution in [-0.2, 0) is 19.1 Å². The maximum absolute atomic E-state index is 12.2. The lowest BCUT2D eigenvalue weighted by molar-refractivity contribution is -0.167. The molecule has 3 unspecified atom stereocenters. The van der Waals surface area contributed by atoms with Crippen molar-refractivity contribution in [1.29, 1.82) is 0 Å². The highest BCUT2D eigenvalue weighted by atomic mass is 16.6. The average molecular weight is 250 g/mol. The van der Waals surface area contributed by atoms with Crippen LogP contribution >= 0.6 is 0 Å². The Morgan fingerprint density at radius 2 is 2.17 bits per heavy atom. The summed E-state index contributed by atoms with van der Waals surface area (Å²) in [5.41, 5.74) is -0.416. The van der Waals surface area contributed by atoms with Crippen molar-refractivity contribution in [1.82, 2.24) is 0 Å². The second kappa shape index (κ2) is 3.84. The minimum absolute atomic E-state index is 0.0656. The molecule has 0 radical (unpaired) electrons. The van der Waals surface area contributed by atoms with Gasteiger partial charge in [0.05, 0.1) is 5.92 Å². The number of hydrogen-bond acceptors (Lipinski definition) is 4. The maximum Gasteiger partial charge on any atom is 0.348 e. The van der Waals surface area contributed by atoms with Crippen LogP contribution in [0.2, 0.25) is 0 Å². The van der Waals surface area contributed by atoms with Crippen molar-refractivity contribution >= 4 is 11.9 Å². The van der Waals surface area contributed by atoms with Crippen molar-refractivity contribution in [3.05, 3.63) is 12.2 Å². The van der Waals surface area contributed by atoms with Crippen LogP contribution in [0.15, 0.2) is 12.2 Å². The third-order valence-corrected chi connectivity index (χ3v) is 4.33. The van der Waals surface area contributed by atoms with Gasteiger partial charge in [0.15, 0.2) is 0 Å². The first-order chi connectivity index (χ1) is 8.47. The molecule has 0 aromatic heterocycles. The Labute approximate surface area is 106 Å². The monoisotopic (exact) mass is 250 g/mol. The molecular weight excluding hydrogens is 232 g/mol. The molecular formula is C14H18O4.